The van der Waals surface area contributed by atoms with E-state index in [1.165, 1.54) is 5.57 Å². The van der Waals surface area contributed by atoms with Crippen molar-refractivity contribution in [3.05, 3.63) is 46.5 Å². The summed E-state index contributed by atoms with van der Waals surface area (Å²) in [5, 5.41) is 9.17. The lowest BCUT2D eigenvalue weighted by molar-refractivity contribution is -0.149. The lowest BCUT2D eigenvalue weighted by atomic mass is 9.80. The molecule has 1 aromatic rings. The van der Waals surface area contributed by atoms with Gasteiger partial charge in [-0.15, -0.1) is 0 Å². The Labute approximate surface area is 175 Å². The number of hydrogen-bond acceptors (Lipinski definition) is 3. The Kier molecular flexibility index (Phi) is 8.94. The number of rotatable bonds is 10. The molecule has 0 amide bonds. The molecule has 4 heteroatoms. The number of hydrogen-bond donors (Lipinski definition) is 1. The minimum absolute atomic E-state index is 0.0242. The van der Waals surface area contributed by atoms with Crippen LogP contribution in [0.15, 0.2) is 29.8 Å². The van der Waals surface area contributed by atoms with Gasteiger partial charge in [0.15, 0.2) is 0 Å². The molecule has 0 fully saturated rings. The molecule has 0 aromatic heterocycles. The molecular weight excluding hydrogens is 364 g/mol. The third kappa shape index (κ3) is 7.68. The Bertz CT molecular complexity index is 732. The number of carboxylic acids is 1. The summed E-state index contributed by atoms with van der Waals surface area (Å²) in [6, 6.07) is 5.82. The lowest BCUT2D eigenvalue weighted by Crippen LogP contribution is -2.32. The van der Waals surface area contributed by atoms with Crippen molar-refractivity contribution in [1.82, 2.24) is 0 Å². The summed E-state index contributed by atoms with van der Waals surface area (Å²) in [6.07, 6.45) is 8.46. The quantitative estimate of drug-likeness (QED) is 0.319. The summed E-state index contributed by atoms with van der Waals surface area (Å²) >= 11 is 0. The molecule has 0 heterocycles. The van der Waals surface area contributed by atoms with Gasteiger partial charge in [0.1, 0.15) is 6.10 Å². The number of esters is 1. The van der Waals surface area contributed by atoms with Crippen LogP contribution < -0.4 is 0 Å². The van der Waals surface area contributed by atoms with Gasteiger partial charge in [0.25, 0.3) is 0 Å². The highest BCUT2D eigenvalue weighted by Crippen LogP contribution is 2.31. The first-order valence-electron chi connectivity index (χ1n) is 11.0. The molecular formula is C25H36O4. The average Bonchev–Trinajstić information content (AvgIpc) is 2.60. The van der Waals surface area contributed by atoms with E-state index < -0.39 is 5.97 Å². The van der Waals surface area contributed by atoms with Crippen molar-refractivity contribution in [2.75, 3.05) is 0 Å². The fraction of sp³-hybridized carbons (Fsp3) is 0.600. The van der Waals surface area contributed by atoms with E-state index in [0.717, 1.165) is 55.2 Å². The van der Waals surface area contributed by atoms with Crippen LogP contribution in [0.4, 0.5) is 0 Å². The molecule has 0 saturated heterocycles. The molecule has 0 bridgehead atoms. The summed E-state index contributed by atoms with van der Waals surface area (Å²) in [4.78, 5) is 23.9. The van der Waals surface area contributed by atoms with E-state index >= 15 is 0 Å². The minimum Gasteiger partial charge on any atom is -0.481 e. The Morgan fingerprint density at radius 1 is 1.10 bits per heavy atom. The first kappa shape index (κ1) is 23.2. The smallest absolute Gasteiger partial charge is 0.310 e. The van der Waals surface area contributed by atoms with Crippen LogP contribution in [0.5, 0.6) is 0 Å². The van der Waals surface area contributed by atoms with Crippen LogP contribution in [-0.4, -0.2) is 23.1 Å². The Balaban J connectivity index is 2.11. The number of aliphatic carboxylic acids is 1. The second-order valence-electron chi connectivity index (χ2n) is 8.78. The molecule has 4 nitrogen and oxygen atoms in total. The Morgan fingerprint density at radius 3 is 2.38 bits per heavy atom. The second kappa shape index (κ2) is 11.2. The molecule has 0 radical (unpaired) electrons. The largest absolute Gasteiger partial charge is 0.481 e. The maximum absolute atomic E-state index is 12.7. The predicted molar refractivity (Wildman–Crippen MR) is 116 cm³/mol. The van der Waals surface area contributed by atoms with Gasteiger partial charge in [-0.25, -0.2) is 0 Å². The standard InChI is InChI=1S/C25H36O4/c1-5-6-7-8-19-12-20(15-24(26)27)14-21(13-19)16-25(28)29-23-11-18(4)9-10-22(23)17(2)3/h11-14,17,22-23H,5-10,15-16H2,1-4H3,(H,26,27). The highest BCUT2D eigenvalue weighted by atomic mass is 16.5. The van der Waals surface area contributed by atoms with E-state index in [9.17, 15) is 9.59 Å². The number of carbonyl (C=O) groups is 2. The van der Waals surface area contributed by atoms with Gasteiger partial charge in [-0.3, -0.25) is 9.59 Å². The van der Waals surface area contributed by atoms with Crippen molar-refractivity contribution in [3.8, 4) is 0 Å². The maximum Gasteiger partial charge on any atom is 0.310 e. The highest BCUT2D eigenvalue weighted by molar-refractivity contribution is 5.74. The molecule has 1 N–H and O–H groups in total. The number of carbonyl (C=O) groups excluding carboxylic acids is 1. The van der Waals surface area contributed by atoms with E-state index in [1.54, 1.807) is 0 Å². The van der Waals surface area contributed by atoms with Crippen molar-refractivity contribution in [2.24, 2.45) is 11.8 Å². The molecule has 0 saturated carbocycles. The molecule has 160 valence electrons. The van der Waals surface area contributed by atoms with Gasteiger partial charge in [0.2, 0.25) is 0 Å². The molecule has 1 aliphatic rings. The van der Waals surface area contributed by atoms with Crippen LogP contribution in [0, 0.1) is 11.8 Å². The fourth-order valence-corrected chi connectivity index (χ4v) is 4.18. The predicted octanol–water partition coefficient (Wildman–Crippen LogP) is 5.51. The van der Waals surface area contributed by atoms with Crippen molar-refractivity contribution < 1.29 is 19.4 Å². The molecule has 0 aliphatic heterocycles. The topological polar surface area (TPSA) is 63.6 Å². The maximum atomic E-state index is 12.7. The summed E-state index contributed by atoms with van der Waals surface area (Å²) in [5.74, 6) is -0.280. The number of aryl methyl sites for hydroxylation is 1. The number of allylic oxidation sites excluding steroid dienone is 1. The second-order valence-corrected chi connectivity index (χ2v) is 8.78. The monoisotopic (exact) mass is 400 g/mol. The number of ether oxygens (including phenoxy) is 1. The summed E-state index contributed by atoms with van der Waals surface area (Å²) in [6.45, 7) is 8.61. The van der Waals surface area contributed by atoms with Gasteiger partial charge in [-0.2, -0.15) is 0 Å². The molecule has 1 aliphatic carbocycles. The SMILES string of the molecule is CCCCCc1cc(CC(=O)O)cc(CC(=O)OC2C=C(C)CCC2C(C)C)c1. The number of unbranched alkanes of at least 4 members (excludes halogenated alkanes) is 2. The molecule has 2 atom stereocenters. The van der Waals surface area contributed by atoms with E-state index in [2.05, 4.69) is 33.8 Å². The first-order valence-corrected chi connectivity index (χ1v) is 11.0. The molecule has 29 heavy (non-hydrogen) atoms. The summed E-state index contributed by atoms with van der Waals surface area (Å²) in [7, 11) is 0. The van der Waals surface area contributed by atoms with Crippen LogP contribution in [0.25, 0.3) is 0 Å². The molecule has 0 spiro atoms. The minimum atomic E-state index is -0.855. The highest BCUT2D eigenvalue weighted by Gasteiger charge is 2.29. The van der Waals surface area contributed by atoms with E-state index in [4.69, 9.17) is 9.84 Å². The van der Waals surface area contributed by atoms with E-state index in [1.807, 2.05) is 18.2 Å². The van der Waals surface area contributed by atoms with Crippen LogP contribution in [-0.2, 0) is 33.6 Å². The molecule has 2 rings (SSSR count). The van der Waals surface area contributed by atoms with Crippen molar-refractivity contribution in [3.63, 3.8) is 0 Å². The van der Waals surface area contributed by atoms with E-state index in [0.29, 0.717) is 11.8 Å². The van der Waals surface area contributed by atoms with Crippen LogP contribution in [0.3, 0.4) is 0 Å². The third-order valence-electron chi connectivity index (χ3n) is 5.75. The zero-order chi connectivity index (χ0) is 21.4. The number of carboxylic acid groups (broad SMARTS) is 1. The third-order valence-corrected chi connectivity index (χ3v) is 5.75. The lowest BCUT2D eigenvalue weighted by Gasteiger charge is -2.32. The summed E-state index contributed by atoms with van der Waals surface area (Å²) in [5.41, 5.74) is 3.98. The molecule has 2 unspecified atom stereocenters. The molecule has 1 aromatic carbocycles. The first-order chi connectivity index (χ1) is 13.8. The van der Waals surface area contributed by atoms with E-state index in [-0.39, 0.29) is 24.9 Å². The zero-order valence-corrected chi connectivity index (χ0v) is 18.4. The van der Waals surface area contributed by atoms with Crippen molar-refractivity contribution in [1.29, 1.82) is 0 Å². The normalized spacial score (nSPS) is 19.1. The van der Waals surface area contributed by atoms with Gasteiger partial charge in [-0.1, -0.05) is 57.4 Å². The summed E-state index contributed by atoms with van der Waals surface area (Å²) < 4.78 is 5.87. The van der Waals surface area contributed by atoms with Crippen molar-refractivity contribution >= 4 is 11.9 Å². The Hall–Kier alpha value is -2.10. The average molecular weight is 401 g/mol. The van der Waals surface area contributed by atoms with Crippen molar-refractivity contribution in [2.45, 2.75) is 85.2 Å². The van der Waals surface area contributed by atoms with Gasteiger partial charge >= 0.3 is 11.9 Å². The van der Waals surface area contributed by atoms with Gasteiger partial charge < -0.3 is 9.84 Å². The van der Waals surface area contributed by atoms with Gasteiger partial charge in [-0.05, 0) is 61.3 Å². The van der Waals surface area contributed by atoms with Gasteiger partial charge in [0, 0.05) is 5.92 Å². The van der Waals surface area contributed by atoms with Crippen LogP contribution in [0.1, 0.15) is 76.5 Å². The van der Waals surface area contributed by atoms with Crippen LogP contribution >= 0.6 is 0 Å². The zero-order valence-electron chi connectivity index (χ0n) is 18.4. The van der Waals surface area contributed by atoms with Crippen LogP contribution in [0.2, 0.25) is 0 Å². The van der Waals surface area contributed by atoms with Gasteiger partial charge in [0.05, 0.1) is 12.8 Å². The fourth-order valence-electron chi connectivity index (χ4n) is 4.18. The Morgan fingerprint density at radius 2 is 1.76 bits per heavy atom. The number of benzene rings is 1.